The molecule has 3 heterocycles. The van der Waals surface area contributed by atoms with Gasteiger partial charge < -0.3 is 18.9 Å². The second kappa shape index (κ2) is 5.71. The van der Waals surface area contributed by atoms with E-state index in [-0.39, 0.29) is 22.0 Å². The Morgan fingerprint density at radius 3 is 2.41 bits per heavy atom. The van der Waals surface area contributed by atoms with Gasteiger partial charge in [-0.1, -0.05) is 20.8 Å². The second-order valence-corrected chi connectivity index (χ2v) is 11.3. The highest BCUT2D eigenvalue weighted by atomic mass is 16.7. The molecule has 7 atom stereocenters. The molecule has 0 radical (unpaired) electrons. The summed E-state index contributed by atoms with van der Waals surface area (Å²) in [7, 11) is 0. The van der Waals surface area contributed by atoms with E-state index in [0.717, 1.165) is 32.7 Å². The zero-order valence-corrected chi connectivity index (χ0v) is 17.9. The lowest BCUT2D eigenvalue weighted by atomic mass is 9.43. The number of fused-ring (bicyclic) bond motifs is 4. The van der Waals surface area contributed by atoms with Crippen LogP contribution in [0, 0.1) is 22.7 Å². The number of ether oxygens (including phenoxy) is 4. The summed E-state index contributed by atoms with van der Waals surface area (Å²) in [5.41, 5.74) is 0.250. The van der Waals surface area contributed by atoms with E-state index in [1.165, 1.54) is 32.1 Å². The predicted octanol–water partition coefficient (Wildman–Crippen LogP) is 4.70. The van der Waals surface area contributed by atoms with Crippen LogP contribution >= 0.6 is 0 Å². The van der Waals surface area contributed by atoms with Crippen LogP contribution in [0.3, 0.4) is 0 Å². The normalized spacial score (nSPS) is 57.0. The Labute approximate surface area is 164 Å². The fraction of sp³-hybridized carbons (Fsp3) is 1.00. The molecule has 3 saturated heterocycles. The minimum atomic E-state index is -0.452. The van der Waals surface area contributed by atoms with E-state index in [0.29, 0.717) is 17.9 Å². The Morgan fingerprint density at radius 2 is 1.67 bits per heavy atom. The van der Waals surface area contributed by atoms with Crippen LogP contribution in [-0.4, -0.2) is 42.9 Å². The molecule has 0 aromatic carbocycles. The highest BCUT2D eigenvalue weighted by Gasteiger charge is 2.70. The van der Waals surface area contributed by atoms with Crippen molar-refractivity contribution >= 4 is 0 Å². The Kier molecular flexibility index (Phi) is 3.99. The van der Waals surface area contributed by atoms with Gasteiger partial charge >= 0.3 is 0 Å². The van der Waals surface area contributed by atoms with Crippen molar-refractivity contribution in [1.29, 1.82) is 0 Å². The molecule has 3 aliphatic heterocycles. The first-order chi connectivity index (χ1) is 12.7. The van der Waals surface area contributed by atoms with E-state index in [2.05, 4.69) is 34.6 Å². The van der Waals surface area contributed by atoms with Crippen molar-refractivity contribution in [2.24, 2.45) is 22.7 Å². The summed E-state index contributed by atoms with van der Waals surface area (Å²) >= 11 is 0. The van der Waals surface area contributed by atoms with Crippen LogP contribution in [0.2, 0.25) is 0 Å². The first-order valence-electron chi connectivity index (χ1n) is 11.2. The minimum absolute atomic E-state index is 0.00936. The van der Waals surface area contributed by atoms with Crippen molar-refractivity contribution in [1.82, 2.24) is 0 Å². The summed E-state index contributed by atoms with van der Waals surface area (Å²) in [6, 6.07) is 0. The molecular formula is C23H38O4. The van der Waals surface area contributed by atoms with E-state index in [1.807, 2.05) is 0 Å². The van der Waals surface area contributed by atoms with Crippen LogP contribution in [-0.2, 0) is 18.9 Å². The molecular weight excluding hydrogens is 340 g/mol. The molecule has 2 aliphatic carbocycles. The molecule has 4 heteroatoms. The Bertz CT molecular complexity index is 611. The summed E-state index contributed by atoms with van der Waals surface area (Å²) in [6.07, 6.45) is 8.58. The summed E-state index contributed by atoms with van der Waals surface area (Å²) in [6.45, 7) is 14.0. The Balaban J connectivity index is 1.51. The molecule has 0 bridgehead atoms. The van der Waals surface area contributed by atoms with Crippen molar-refractivity contribution in [2.75, 3.05) is 19.8 Å². The predicted molar refractivity (Wildman–Crippen MR) is 103 cm³/mol. The van der Waals surface area contributed by atoms with Crippen molar-refractivity contribution in [3.63, 3.8) is 0 Å². The highest BCUT2D eigenvalue weighted by molar-refractivity contribution is 5.18. The molecule has 5 fully saturated rings. The van der Waals surface area contributed by atoms with Crippen molar-refractivity contribution in [3.05, 3.63) is 0 Å². The van der Waals surface area contributed by atoms with Crippen LogP contribution in [0.25, 0.3) is 0 Å². The van der Waals surface area contributed by atoms with Gasteiger partial charge in [-0.05, 0) is 64.2 Å². The molecule has 0 N–H and O–H groups in total. The number of hydrogen-bond donors (Lipinski definition) is 0. The monoisotopic (exact) mass is 378 g/mol. The van der Waals surface area contributed by atoms with Gasteiger partial charge in [-0.3, -0.25) is 0 Å². The van der Waals surface area contributed by atoms with Gasteiger partial charge in [0.05, 0.1) is 30.5 Å². The van der Waals surface area contributed by atoms with E-state index in [9.17, 15) is 0 Å². The molecule has 154 valence electrons. The van der Waals surface area contributed by atoms with E-state index in [1.54, 1.807) is 0 Å². The van der Waals surface area contributed by atoms with E-state index < -0.39 is 5.79 Å². The number of hydrogen-bond acceptors (Lipinski definition) is 4. The van der Waals surface area contributed by atoms with Crippen molar-refractivity contribution in [3.8, 4) is 0 Å². The van der Waals surface area contributed by atoms with Gasteiger partial charge in [-0.25, -0.2) is 0 Å². The summed E-state index contributed by atoms with van der Waals surface area (Å²) in [4.78, 5) is 0. The van der Waals surface area contributed by atoms with Crippen molar-refractivity contribution in [2.45, 2.75) is 103 Å². The van der Waals surface area contributed by atoms with Gasteiger partial charge in [0.2, 0.25) is 0 Å². The molecule has 5 aliphatic rings. The first kappa shape index (κ1) is 18.8. The molecule has 0 aromatic rings. The third-order valence-corrected chi connectivity index (χ3v) is 9.45. The van der Waals surface area contributed by atoms with Gasteiger partial charge in [0, 0.05) is 23.9 Å². The van der Waals surface area contributed by atoms with Crippen molar-refractivity contribution < 1.29 is 18.9 Å². The molecule has 4 nitrogen and oxygen atoms in total. The lowest BCUT2D eigenvalue weighted by molar-refractivity contribution is -0.358. The third kappa shape index (κ3) is 2.42. The summed E-state index contributed by atoms with van der Waals surface area (Å²) in [5, 5.41) is 0. The van der Waals surface area contributed by atoms with Crippen LogP contribution in [0.1, 0.15) is 79.6 Å². The maximum Gasteiger partial charge on any atom is 0.163 e. The van der Waals surface area contributed by atoms with E-state index in [4.69, 9.17) is 18.9 Å². The van der Waals surface area contributed by atoms with Crippen LogP contribution in [0.4, 0.5) is 0 Å². The Morgan fingerprint density at radius 1 is 0.852 bits per heavy atom. The smallest absolute Gasteiger partial charge is 0.163 e. The zero-order chi connectivity index (χ0) is 19.1. The molecule has 2 saturated carbocycles. The lowest BCUT2D eigenvalue weighted by Gasteiger charge is -2.67. The first-order valence-corrected chi connectivity index (χ1v) is 11.2. The average Bonchev–Trinajstić information content (AvgIpc) is 3.23. The summed E-state index contributed by atoms with van der Waals surface area (Å²) < 4.78 is 25.6. The Hall–Kier alpha value is -0.160. The highest BCUT2D eigenvalue weighted by Crippen LogP contribution is 2.69. The van der Waals surface area contributed by atoms with Gasteiger partial charge in [0.15, 0.2) is 5.79 Å². The van der Waals surface area contributed by atoms with Gasteiger partial charge in [0.25, 0.3) is 0 Å². The third-order valence-electron chi connectivity index (χ3n) is 9.45. The summed E-state index contributed by atoms with van der Waals surface area (Å²) in [5.74, 6) is 0.751. The minimum Gasteiger partial charge on any atom is -0.378 e. The van der Waals surface area contributed by atoms with Crippen LogP contribution in [0.5, 0.6) is 0 Å². The second-order valence-electron chi connectivity index (χ2n) is 11.3. The molecule has 0 unspecified atom stereocenters. The maximum absolute atomic E-state index is 7.18. The van der Waals surface area contributed by atoms with E-state index >= 15 is 0 Å². The average molecular weight is 379 g/mol. The van der Waals surface area contributed by atoms with Gasteiger partial charge in [-0.2, -0.15) is 0 Å². The quantitative estimate of drug-likeness (QED) is 0.612. The fourth-order valence-corrected chi connectivity index (χ4v) is 7.86. The lowest BCUT2D eigenvalue weighted by Crippen LogP contribution is -2.68. The molecule has 5 rings (SSSR count). The largest absolute Gasteiger partial charge is 0.378 e. The molecule has 0 amide bonds. The topological polar surface area (TPSA) is 36.9 Å². The van der Waals surface area contributed by atoms with Crippen LogP contribution < -0.4 is 0 Å². The zero-order valence-electron chi connectivity index (χ0n) is 17.9. The van der Waals surface area contributed by atoms with Gasteiger partial charge in [0.1, 0.15) is 0 Å². The van der Waals surface area contributed by atoms with Crippen LogP contribution in [0.15, 0.2) is 0 Å². The molecule has 27 heavy (non-hydrogen) atoms. The molecule has 2 spiro atoms. The number of rotatable bonds is 0. The molecule has 0 aromatic heterocycles. The SMILES string of the molecule is C[C@H]1CC[C@H]2[C@]3(C)COC(C)(C)O[C@H]3CC[C@]2(C)[C@]12CC[C@@]1(CCOC1)O2. The fourth-order valence-electron chi connectivity index (χ4n) is 7.86. The standard InChI is InChI=1S/C23H38O4/c1-16-6-7-17-20(4)14-25-19(2,3)26-18(20)8-9-21(17,5)23(16)11-10-22(27-23)12-13-24-15-22/h16-18H,6-15H2,1-5H3/t16-,17-,18-,20-,21-,22-,23-/m0/s1. The van der Waals surface area contributed by atoms with Gasteiger partial charge in [-0.15, -0.1) is 0 Å². The maximum atomic E-state index is 7.18.